The molecule has 0 radical (unpaired) electrons. The van der Waals surface area contributed by atoms with Crippen LogP contribution in [0.1, 0.15) is 16.2 Å². The Morgan fingerprint density at radius 1 is 1.40 bits per heavy atom. The molecule has 0 bridgehead atoms. The Balaban J connectivity index is 1.88. The van der Waals surface area contributed by atoms with E-state index in [1.165, 1.54) is 7.11 Å². The van der Waals surface area contributed by atoms with Gasteiger partial charge in [-0.2, -0.15) is 0 Å². The van der Waals surface area contributed by atoms with Gasteiger partial charge in [0.05, 0.1) is 26.0 Å². The van der Waals surface area contributed by atoms with Gasteiger partial charge in [-0.1, -0.05) is 6.07 Å². The maximum Gasteiger partial charge on any atom is 0.355 e. The summed E-state index contributed by atoms with van der Waals surface area (Å²) in [6.07, 6.45) is 1.90. The van der Waals surface area contributed by atoms with E-state index in [0.29, 0.717) is 5.69 Å². The van der Waals surface area contributed by atoms with Gasteiger partial charge in [-0.25, -0.2) is 9.78 Å². The number of esters is 1. The van der Waals surface area contributed by atoms with Gasteiger partial charge in [-0.3, -0.25) is 9.30 Å². The van der Waals surface area contributed by atoms with Crippen molar-refractivity contribution in [1.82, 2.24) is 14.3 Å². The van der Waals surface area contributed by atoms with Gasteiger partial charge in [-0.15, -0.1) is 0 Å². The molecular weight excluding hydrogens is 258 g/mol. The second-order valence-electron chi connectivity index (χ2n) is 4.75. The Bertz CT molecular complexity index is 617. The molecular formula is C14H17N3O3. The highest BCUT2D eigenvalue weighted by Crippen LogP contribution is 2.12. The lowest BCUT2D eigenvalue weighted by atomic mass is 10.3. The van der Waals surface area contributed by atoms with E-state index in [2.05, 4.69) is 9.88 Å². The van der Waals surface area contributed by atoms with E-state index < -0.39 is 0 Å². The van der Waals surface area contributed by atoms with E-state index in [-0.39, 0.29) is 5.97 Å². The van der Waals surface area contributed by atoms with Crippen LogP contribution in [-0.4, -0.2) is 53.7 Å². The molecule has 0 saturated carbocycles. The monoisotopic (exact) mass is 275 g/mol. The standard InChI is InChI=1S/C14H17N3O3/c1-19-14(18)12-3-2-4-13-15-11(10-17(12)13)9-16-5-7-20-8-6-16/h2-4,10H,5-9H2,1H3. The number of hydrogen-bond donors (Lipinski definition) is 0. The lowest BCUT2D eigenvalue weighted by Gasteiger charge is -2.25. The summed E-state index contributed by atoms with van der Waals surface area (Å²) in [5, 5.41) is 0. The summed E-state index contributed by atoms with van der Waals surface area (Å²) in [4.78, 5) is 18.6. The lowest BCUT2D eigenvalue weighted by molar-refractivity contribution is 0.0337. The molecule has 0 N–H and O–H groups in total. The van der Waals surface area contributed by atoms with E-state index in [1.807, 2.05) is 18.3 Å². The average molecular weight is 275 g/mol. The van der Waals surface area contributed by atoms with E-state index in [1.54, 1.807) is 10.5 Å². The van der Waals surface area contributed by atoms with E-state index >= 15 is 0 Å². The smallest absolute Gasteiger partial charge is 0.355 e. The van der Waals surface area contributed by atoms with Crippen LogP contribution in [0.5, 0.6) is 0 Å². The number of aromatic nitrogens is 2. The van der Waals surface area contributed by atoms with Crippen LogP contribution in [0.4, 0.5) is 0 Å². The molecule has 0 amide bonds. The number of nitrogens with zero attached hydrogens (tertiary/aromatic N) is 3. The summed E-state index contributed by atoms with van der Waals surface area (Å²) in [6.45, 7) is 4.13. The molecule has 2 aromatic rings. The van der Waals surface area contributed by atoms with Crippen molar-refractivity contribution in [1.29, 1.82) is 0 Å². The number of methoxy groups -OCH3 is 1. The number of rotatable bonds is 3. The number of morpholine rings is 1. The number of carbonyl (C=O) groups is 1. The maximum absolute atomic E-state index is 11.7. The van der Waals surface area contributed by atoms with Crippen molar-refractivity contribution in [3.05, 3.63) is 35.8 Å². The summed E-state index contributed by atoms with van der Waals surface area (Å²) < 4.78 is 11.9. The Morgan fingerprint density at radius 2 is 2.20 bits per heavy atom. The normalized spacial score (nSPS) is 16.4. The van der Waals surface area contributed by atoms with Gasteiger partial charge in [0.2, 0.25) is 0 Å². The highest BCUT2D eigenvalue weighted by molar-refractivity contribution is 5.88. The first kappa shape index (κ1) is 13.1. The van der Waals surface area contributed by atoms with Gasteiger partial charge < -0.3 is 9.47 Å². The van der Waals surface area contributed by atoms with Crippen LogP contribution in [-0.2, 0) is 16.0 Å². The van der Waals surface area contributed by atoms with Gasteiger partial charge in [0.15, 0.2) is 0 Å². The molecule has 3 rings (SSSR count). The molecule has 3 heterocycles. The SMILES string of the molecule is COC(=O)c1cccc2nc(CN3CCOCC3)cn12. The first-order valence-corrected chi connectivity index (χ1v) is 6.63. The minimum Gasteiger partial charge on any atom is -0.464 e. The summed E-state index contributed by atoms with van der Waals surface area (Å²) in [5.74, 6) is -0.356. The minimum atomic E-state index is -0.356. The second kappa shape index (κ2) is 5.60. The first-order chi connectivity index (χ1) is 9.78. The molecule has 0 spiro atoms. The zero-order valence-corrected chi connectivity index (χ0v) is 11.4. The highest BCUT2D eigenvalue weighted by atomic mass is 16.5. The molecule has 2 aromatic heterocycles. The number of hydrogen-bond acceptors (Lipinski definition) is 5. The Morgan fingerprint density at radius 3 is 2.95 bits per heavy atom. The molecule has 1 saturated heterocycles. The molecule has 1 fully saturated rings. The lowest BCUT2D eigenvalue weighted by Crippen LogP contribution is -2.35. The van der Waals surface area contributed by atoms with Crippen LogP contribution in [0.2, 0.25) is 0 Å². The molecule has 0 aliphatic carbocycles. The molecule has 6 nitrogen and oxygen atoms in total. The summed E-state index contributed by atoms with van der Waals surface area (Å²) in [7, 11) is 1.38. The van der Waals surface area contributed by atoms with Crippen LogP contribution in [0, 0.1) is 0 Å². The van der Waals surface area contributed by atoms with Gasteiger partial charge in [0.25, 0.3) is 0 Å². The maximum atomic E-state index is 11.7. The largest absolute Gasteiger partial charge is 0.464 e. The van der Waals surface area contributed by atoms with Gasteiger partial charge >= 0.3 is 5.97 Å². The van der Waals surface area contributed by atoms with E-state index in [4.69, 9.17) is 9.47 Å². The zero-order valence-electron chi connectivity index (χ0n) is 11.4. The highest BCUT2D eigenvalue weighted by Gasteiger charge is 2.15. The van der Waals surface area contributed by atoms with Crippen LogP contribution in [0.15, 0.2) is 24.4 Å². The van der Waals surface area contributed by atoms with Crippen LogP contribution >= 0.6 is 0 Å². The molecule has 0 aromatic carbocycles. The second-order valence-corrected chi connectivity index (χ2v) is 4.75. The van der Waals surface area contributed by atoms with Crippen molar-refractivity contribution < 1.29 is 14.3 Å². The zero-order chi connectivity index (χ0) is 13.9. The van der Waals surface area contributed by atoms with Gasteiger partial charge in [0, 0.05) is 25.8 Å². The average Bonchev–Trinajstić information content (AvgIpc) is 2.89. The molecule has 106 valence electrons. The third kappa shape index (κ3) is 2.52. The van der Waals surface area contributed by atoms with E-state index in [0.717, 1.165) is 44.2 Å². The van der Waals surface area contributed by atoms with Crippen molar-refractivity contribution in [2.75, 3.05) is 33.4 Å². The molecule has 20 heavy (non-hydrogen) atoms. The number of imidazole rings is 1. The molecule has 0 unspecified atom stereocenters. The number of ether oxygens (including phenoxy) is 2. The predicted molar refractivity (Wildman–Crippen MR) is 72.6 cm³/mol. The quantitative estimate of drug-likeness (QED) is 0.781. The van der Waals surface area contributed by atoms with Crippen molar-refractivity contribution >= 4 is 11.6 Å². The third-order valence-electron chi connectivity index (χ3n) is 3.43. The Kier molecular flexibility index (Phi) is 3.66. The fourth-order valence-corrected chi connectivity index (χ4v) is 2.40. The molecule has 1 aliphatic heterocycles. The summed E-state index contributed by atoms with van der Waals surface area (Å²) in [5.41, 5.74) is 2.20. The van der Waals surface area contributed by atoms with Gasteiger partial charge in [-0.05, 0) is 12.1 Å². The van der Waals surface area contributed by atoms with Gasteiger partial charge in [0.1, 0.15) is 11.3 Å². The number of pyridine rings is 1. The fourth-order valence-electron chi connectivity index (χ4n) is 2.40. The van der Waals surface area contributed by atoms with Crippen molar-refractivity contribution in [3.8, 4) is 0 Å². The van der Waals surface area contributed by atoms with Crippen LogP contribution < -0.4 is 0 Å². The van der Waals surface area contributed by atoms with Crippen LogP contribution in [0.3, 0.4) is 0 Å². The Labute approximate surface area is 116 Å². The third-order valence-corrected chi connectivity index (χ3v) is 3.43. The summed E-state index contributed by atoms with van der Waals surface area (Å²) >= 11 is 0. The first-order valence-electron chi connectivity index (χ1n) is 6.63. The van der Waals surface area contributed by atoms with Crippen molar-refractivity contribution in [2.24, 2.45) is 0 Å². The Hall–Kier alpha value is -1.92. The predicted octanol–water partition coefficient (Wildman–Crippen LogP) is 0.953. The van der Waals surface area contributed by atoms with Crippen molar-refractivity contribution in [3.63, 3.8) is 0 Å². The summed E-state index contributed by atoms with van der Waals surface area (Å²) in [6, 6.07) is 5.43. The number of fused-ring (bicyclic) bond motifs is 1. The molecule has 1 aliphatic rings. The van der Waals surface area contributed by atoms with Crippen LogP contribution in [0.25, 0.3) is 5.65 Å². The number of carbonyl (C=O) groups excluding carboxylic acids is 1. The van der Waals surface area contributed by atoms with E-state index in [9.17, 15) is 4.79 Å². The molecule has 6 heteroatoms. The topological polar surface area (TPSA) is 56.1 Å². The fraction of sp³-hybridized carbons (Fsp3) is 0.429. The minimum absolute atomic E-state index is 0.356. The molecule has 0 atom stereocenters. The van der Waals surface area contributed by atoms with Crippen molar-refractivity contribution in [2.45, 2.75) is 6.54 Å².